The molecule has 0 radical (unpaired) electrons. The van der Waals surface area contributed by atoms with Gasteiger partial charge in [-0.1, -0.05) is 17.7 Å². The van der Waals surface area contributed by atoms with Gasteiger partial charge in [-0.3, -0.25) is 4.18 Å². The van der Waals surface area contributed by atoms with Crippen molar-refractivity contribution in [3.05, 3.63) is 29.8 Å². The third-order valence-corrected chi connectivity index (χ3v) is 3.66. The Balaban J connectivity index is 0.000000409. The second-order valence-corrected chi connectivity index (χ2v) is 5.82. The molecule has 128 valence electrons. The molecule has 0 amide bonds. The molecule has 0 heterocycles. The number of rotatable bonds is 9. The predicted molar refractivity (Wildman–Crippen MR) is 81.2 cm³/mol. The molecule has 2 N–H and O–H groups in total. The number of benzene rings is 1. The fraction of sp³-hybridized carbons (Fsp3) is 0.571. The average molecular weight is 336 g/mol. The molecule has 0 unspecified atom stereocenters. The highest BCUT2D eigenvalue weighted by Crippen LogP contribution is 2.11. The number of aliphatic hydroxyl groups excluding tert-OH is 2. The van der Waals surface area contributed by atoms with Gasteiger partial charge < -0.3 is 19.7 Å². The molecular formula is C14H24O7S. The molecule has 0 atom stereocenters. The Labute approximate surface area is 131 Å². The van der Waals surface area contributed by atoms with E-state index in [1.54, 1.807) is 12.1 Å². The fourth-order valence-electron chi connectivity index (χ4n) is 1.25. The van der Waals surface area contributed by atoms with Gasteiger partial charge in [-0.25, -0.2) is 0 Å². The van der Waals surface area contributed by atoms with Gasteiger partial charge in [0.2, 0.25) is 0 Å². The first-order valence-corrected chi connectivity index (χ1v) is 8.13. The van der Waals surface area contributed by atoms with Crippen LogP contribution in [0.3, 0.4) is 0 Å². The summed E-state index contributed by atoms with van der Waals surface area (Å²) in [5.41, 5.74) is 1.02. The van der Waals surface area contributed by atoms with E-state index in [9.17, 15) is 8.42 Å². The number of hydrogen-bond donors (Lipinski definition) is 2. The van der Waals surface area contributed by atoms with E-state index < -0.39 is 10.1 Å². The van der Waals surface area contributed by atoms with Gasteiger partial charge in [-0.05, 0) is 19.1 Å². The number of ether oxygens (including phenoxy) is 2. The minimum atomic E-state index is -3.51. The van der Waals surface area contributed by atoms with Crippen LogP contribution < -0.4 is 0 Å². The predicted octanol–water partition coefficient (Wildman–Crippen LogP) is 0.334. The van der Waals surface area contributed by atoms with E-state index in [-0.39, 0.29) is 18.1 Å². The van der Waals surface area contributed by atoms with E-state index in [0.29, 0.717) is 26.4 Å². The van der Waals surface area contributed by atoms with Crippen LogP contribution in [0.25, 0.3) is 0 Å². The maximum absolute atomic E-state index is 11.1. The van der Waals surface area contributed by atoms with Crippen molar-refractivity contribution in [2.45, 2.75) is 11.8 Å². The Morgan fingerprint density at radius 3 is 1.73 bits per heavy atom. The summed E-state index contributed by atoms with van der Waals surface area (Å²) in [6.45, 7) is 3.62. The van der Waals surface area contributed by atoms with Gasteiger partial charge >= 0.3 is 0 Å². The summed E-state index contributed by atoms with van der Waals surface area (Å²) >= 11 is 0. The number of aryl methyl sites for hydroxylation is 1. The first kappa shape index (κ1) is 21.0. The summed E-state index contributed by atoms with van der Waals surface area (Å²) in [5, 5.41) is 16.5. The summed E-state index contributed by atoms with van der Waals surface area (Å²) in [6, 6.07) is 6.50. The molecule has 0 saturated carbocycles. The summed E-state index contributed by atoms with van der Waals surface area (Å²) in [7, 11) is -2.37. The second kappa shape index (κ2) is 12.5. The SMILES string of the molecule is COS(=O)(=O)c1ccc(C)cc1.OCCOCCOCCO. The van der Waals surface area contributed by atoms with E-state index in [2.05, 4.69) is 4.18 Å². The lowest BCUT2D eigenvalue weighted by Crippen LogP contribution is -2.09. The van der Waals surface area contributed by atoms with Crippen LogP contribution in [-0.4, -0.2) is 65.4 Å². The Hall–Kier alpha value is -1.03. The summed E-state index contributed by atoms with van der Waals surface area (Å²) in [4.78, 5) is 0.190. The van der Waals surface area contributed by atoms with Gasteiger partial charge in [-0.15, -0.1) is 0 Å². The van der Waals surface area contributed by atoms with E-state index in [1.165, 1.54) is 12.1 Å². The molecule has 0 aliphatic carbocycles. The number of aliphatic hydroxyl groups is 2. The number of hydrogen-bond acceptors (Lipinski definition) is 7. The Morgan fingerprint density at radius 1 is 0.909 bits per heavy atom. The fourth-order valence-corrected chi connectivity index (χ4v) is 1.91. The molecule has 0 saturated heterocycles. The largest absolute Gasteiger partial charge is 0.394 e. The van der Waals surface area contributed by atoms with Gasteiger partial charge in [0.1, 0.15) is 0 Å². The van der Waals surface area contributed by atoms with Crippen LogP contribution in [0.4, 0.5) is 0 Å². The molecule has 1 aromatic rings. The maximum atomic E-state index is 11.1. The molecule has 7 nitrogen and oxygen atoms in total. The van der Waals surface area contributed by atoms with Crippen molar-refractivity contribution in [1.82, 2.24) is 0 Å². The third kappa shape index (κ3) is 9.82. The molecule has 0 spiro atoms. The molecule has 0 fully saturated rings. The van der Waals surface area contributed by atoms with Crippen molar-refractivity contribution >= 4 is 10.1 Å². The minimum Gasteiger partial charge on any atom is -0.394 e. The van der Waals surface area contributed by atoms with Crippen LogP contribution in [0.1, 0.15) is 5.56 Å². The summed E-state index contributed by atoms with van der Waals surface area (Å²) in [6.07, 6.45) is 0. The standard InChI is InChI=1S/C8H10O3S.C6H14O4/c1-7-3-5-8(6-4-7)12(9,10)11-2;7-1-3-9-5-6-10-4-2-8/h3-6H,1-2H3;7-8H,1-6H2. The van der Waals surface area contributed by atoms with Crippen LogP contribution in [-0.2, 0) is 23.8 Å². The first-order valence-electron chi connectivity index (χ1n) is 6.72. The van der Waals surface area contributed by atoms with Crippen molar-refractivity contribution in [2.75, 3.05) is 46.8 Å². The van der Waals surface area contributed by atoms with Gasteiger partial charge in [0.05, 0.1) is 51.6 Å². The monoisotopic (exact) mass is 336 g/mol. The van der Waals surface area contributed by atoms with Gasteiger partial charge in [0.15, 0.2) is 0 Å². The molecule has 1 aromatic carbocycles. The average Bonchev–Trinajstić information content (AvgIpc) is 2.52. The van der Waals surface area contributed by atoms with Crippen LogP contribution in [0.5, 0.6) is 0 Å². The Morgan fingerprint density at radius 2 is 1.36 bits per heavy atom. The lowest BCUT2D eigenvalue weighted by atomic mass is 10.2. The second-order valence-electron chi connectivity index (χ2n) is 4.11. The van der Waals surface area contributed by atoms with Crippen LogP contribution in [0, 0.1) is 6.92 Å². The molecule has 22 heavy (non-hydrogen) atoms. The normalized spacial score (nSPS) is 10.9. The van der Waals surface area contributed by atoms with Crippen molar-refractivity contribution < 1.29 is 32.3 Å². The Bertz CT molecular complexity index is 462. The first-order chi connectivity index (χ1) is 10.5. The van der Waals surface area contributed by atoms with Crippen molar-refractivity contribution in [3.63, 3.8) is 0 Å². The molecule has 8 heteroatoms. The highest BCUT2D eigenvalue weighted by atomic mass is 32.2. The highest BCUT2D eigenvalue weighted by molar-refractivity contribution is 7.86. The van der Waals surface area contributed by atoms with Gasteiger partial charge in [0.25, 0.3) is 10.1 Å². The zero-order chi connectivity index (χ0) is 16.8. The van der Waals surface area contributed by atoms with Crippen LogP contribution in [0.15, 0.2) is 29.2 Å². The zero-order valence-corrected chi connectivity index (χ0v) is 13.7. The lowest BCUT2D eigenvalue weighted by Gasteiger charge is -2.01. The summed E-state index contributed by atoms with van der Waals surface area (Å²) < 4.78 is 36.3. The highest BCUT2D eigenvalue weighted by Gasteiger charge is 2.10. The van der Waals surface area contributed by atoms with Gasteiger partial charge in [0, 0.05) is 0 Å². The molecule has 0 aromatic heterocycles. The molecule has 1 rings (SSSR count). The smallest absolute Gasteiger partial charge is 0.296 e. The molecule has 0 aliphatic rings. The van der Waals surface area contributed by atoms with E-state index in [0.717, 1.165) is 12.7 Å². The molecule has 0 aliphatic heterocycles. The minimum absolute atomic E-state index is 0.0417. The van der Waals surface area contributed by atoms with Crippen molar-refractivity contribution in [2.24, 2.45) is 0 Å². The van der Waals surface area contributed by atoms with Crippen LogP contribution in [0.2, 0.25) is 0 Å². The van der Waals surface area contributed by atoms with E-state index >= 15 is 0 Å². The molecule has 0 bridgehead atoms. The van der Waals surface area contributed by atoms with Crippen molar-refractivity contribution in [1.29, 1.82) is 0 Å². The third-order valence-electron chi connectivity index (χ3n) is 2.37. The zero-order valence-electron chi connectivity index (χ0n) is 12.9. The topological polar surface area (TPSA) is 102 Å². The maximum Gasteiger partial charge on any atom is 0.296 e. The van der Waals surface area contributed by atoms with Crippen molar-refractivity contribution in [3.8, 4) is 0 Å². The van der Waals surface area contributed by atoms with Crippen LogP contribution >= 0.6 is 0 Å². The van der Waals surface area contributed by atoms with E-state index in [4.69, 9.17) is 19.7 Å². The van der Waals surface area contributed by atoms with Gasteiger partial charge in [-0.2, -0.15) is 8.42 Å². The quantitative estimate of drug-likeness (QED) is 0.495. The van der Waals surface area contributed by atoms with E-state index in [1.807, 2.05) is 6.92 Å². The Kier molecular flexibility index (Phi) is 11.9. The summed E-state index contributed by atoms with van der Waals surface area (Å²) in [5.74, 6) is 0. The molecular weight excluding hydrogens is 312 g/mol. The lowest BCUT2D eigenvalue weighted by molar-refractivity contribution is 0.0222.